The number of nitrogens with zero attached hydrogens (tertiary/aromatic N) is 2. The van der Waals surface area contributed by atoms with Gasteiger partial charge in [-0.25, -0.2) is 4.98 Å². The number of fused-ring (bicyclic) bond motifs is 2. The molecule has 3 atom stereocenters. The quantitative estimate of drug-likeness (QED) is 0.726. The third kappa shape index (κ3) is 3.39. The second-order valence-corrected chi connectivity index (χ2v) is 8.85. The highest BCUT2D eigenvalue weighted by atomic mass is 16.2. The highest BCUT2D eigenvalue weighted by molar-refractivity contribution is 5.97. The van der Waals surface area contributed by atoms with E-state index in [1.165, 1.54) is 19.3 Å². The summed E-state index contributed by atoms with van der Waals surface area (Å²) in [6.07, 6.45) is 8.43. The fourth-order valence-electron chi connectivity index (χ4n) is 4.89. The zero-order valence-corrected chi connectivity index (χ0v) is 16.6. The Balaban J connectivity index is 1.37. The molecule has 3 aliphatic carbocycles. The van der Waals surface area contributed by atoms with E-state index >= 15 is 0 Å². The number of aryl methyl sites for hydroxylation is 1. The number of nitrogens with two attached hydrogens (primary N) is 1. The number of imidazole rings is 1. The lowest BCUT2D eigenvalue weighted by Gasteiger charge is -2.22. The van der Waals surface area contributed by atoms with Crippen LogP contribution in [0.15, 0.2) is 24.5 Å². The zero-order valence-electron chi connectivity index (χ0n) is 16.6. The number of aromatic nitrogens is 2. The van der Waals surface area contributed by atoms with Crippen LogP contribution in [-0.4, -0.2) is 33.4 Å². The number of nitrogen functional groups attached to an aromatic ring is 1. The Hall–Kier alpha value is -2.83. The van der Waals surface area contributed by atoms with E-state index in [4.69, 9.17) is 5.73 Å². The second kappa shape index (κ2) is 6.90. The molecule has 7 heteroatoms. The molecule has 0 saturated heterocycles. The number of hydrogen-bond acceptors (Lipinski definition) is 4. The first-order valence-electron chi connectivity index (χ1n) is 10.5. The fourth-order valence-corrected chi connectivity index (χ4v) is 4.89. The number of nitrogens with one attached hydrogen (secondary N) is 2. The van der Waals surface area contributed by atoms with Crippen molar-refractivity contribution in [3.8, 4) is 5.69 Å². The molecule has 152 valence electrons. The average Bonchev–Trinajstić information content (AvgIpc) is 3.10. The first kappa shape index (κ1) is 18.2. The molecule has 1 aromatic carbocycles. The van der Waals surface area contributed by atoms with Crippen LogP contribution in [-0.2, 0) is 0 Å². The van der Waals surface area contributed by atoms with Gasteiger partial charge in [-0.05, 0) is 68.6 Å². The van der Waals surface area contributed by atoms with Gasteiger partial charge in [-0.1, -0.05) is 12.5 Å². The minimum Gasteiger partial charge on any atom is -0.383 e. The SMILES string of the molecule is Cc1ccc(C(=O)NC2CC2)cc1-n1cnc(C(=O)NC2CC3CCC2C3)c1N. The fraction of sp³-hybridized carbons (Fsp3) is 0.500. The van der Waals surface area contributed by atoms with Crippen LogP contribution in [0.3, 0.4) is 0 Å². The molecular formula is C22H27N5O2. The Morgan fingerprint density at radius 1 is 1.10 bits per heavy atom. The summed E-state index contributed by atoms with van der Waals surface area (Å²) in [5, 5.41) is 6.15. The largest absolute Gasteiger partial charge is 0.383 e. The number of carbonyl (C=O) groups excluding carboxylic acids is 2. The first-order valence-corrected chi connectivity index (χ1v) is 10.5. The predicted octanol–water partition coefficient (Wildman–Crippen LogP) is 2.57. The predicted molar refractivity (Wildman–Crippen MR) is 110 cm³/mol. The maximum atomic E-state index is 12.8. The molecule has 3 saturated carbocycles. The molecule has 3 unspecified atom stereocenters. The normalized spacial score (nSPS) is 25.2. The smallest absolute Gasteiger partial charge is 0.273 e. The summed E-state index contributed by atoms with van der Waals surface area (Å²) in [4.78, 5) is 29.5. The number of amides is 2. The number of benzene rings is 1. The van der Waals surface area contributed by atoms with Gasteiger partial charge in [0.25, 0.3) is 11.8 Å². The number of carbonyl (C=O) groups is 2. The zero-order chi connectivity index (χ0) is 20.1. The molecule has 1 heterocycles. The van der Waals surface area contributed by atoms with E-state index in [1.54, 1.807) is 10.9 Å². The van der Waals surface area contributed by atoms with E-state index in [0.717, 1.165) is 36.4 Å². The lowest BCUT2D eigenvalue weighted by Crippen LogP contribution is -2.38. The van der Waals surface area contributed by atoms with Crippen LogP contribution < -0.4 is 16.4 Å². The summed E-state index contributed by atoms with van der Waals surface area (Å²) in [5.41, 5.74) is 8.86. The lowest BCUT2D eigenvalue weighted by molar-refractivity contribution is 0.0917. The van der Waals surface area contributed by atoms with Crippen molar-refractivity contribution >= 4 is 17.6 Å². The Morgan fingerprint density at radius 2 is 1.93 bits per heavy atom. The van der Waals surface area contributed by atoms with Gasteiger partial charge < -0.3 is 16.4 Å². The van der Waals surface area contributed by atoms with Crippen LogP contribution >= 0.6 is 0 Å². The number of rotatable bonds is 5. The van der Waals surface area contributed by atoms with Crippen LogP contribution in [0.2, 0.25) is 0 Å². The van der Waals surface area contributed by atoms with Gasteiger partial charge in [0.15, 0.2) is 5.69 Å². The molecule has 1 aromatic heterocycles. The summed E-state index contributed by atoms with van der Waals surface area (Å²) in [7, 11) is 0. The maximum absolute atomic E-state index is 12.8. The van der Waals surface area contributed by atoms with Crippen molar-refractivity contribution in [1.82, 2.24) is 20.2 Å². The maximum Gasteiger partial charge on any atom is 0.273 e. The van der Waals surface area contributed by atoms with Gasteiger partial charge in [0, 0.05) is 17.6 Å². The van der Waals surface area contributed by atoms with E-state index < -0.39 is 0 Å². The van der Waals surface area contributed by atoms with Crippen LogP contribution in [0, 0.1) is 18.8 Å². The van der Waals surface area contributed by atoms with Gasteiger partial charge in [0.1, 0.15) is 12.1 Å². The third-order valence-corrected chi connectivity index (χ3v) is 6.72. The van der Waals surface area contributed by atoms with Crippen molar-refractivity contribution in [3.63, 3.8) is 0 Å². The lowest BCUT2D eigenvalue weighted by atomic mass is 9.95. The average molecular weight is 393 g/mol. The van der Waals surface area contributed by atoms with Gasteiger partial charge in [-0.2, -0.15) is 0 Å². The van der Waals surface area contributed by atoms with Crippen LogP contribution in [0.4, 0.5) is 5.82 Å². The minimum atomic E-state index is -0.209. The van der Waals surface area contributed by atoms with Crippen LogP contribution in [0.25, 0.3) is 5.69 Å². The molecule has 0 aliphatic heterocycles. The summed E-state index contributed by atoms with van der Waals surface area (Å²) in [6.45, 7) is 1.95. The van der Waals surface area contributed by atoms with Crippen molar-refractivity contribution in [1.29, 1.82) is 0 Å². The van der Waals surface area contributed by atoms with Crippen molar-refractivity contribution < 1.29 is 9.59 Å². The molecule has 0 spiro atoms. The molecule has 5 rings (SSSR count). The van der Waals surface area contributed by atoms with Gasteiger partial charge >= 0.3 is 0 Å². The Bertz CT molecular complexity index is 978. The topological polar surface area (TPSA) is 102 Å². The molecule has 4 N–H and O–H groups in total. The Kier molecular flexibility index (Phi) is 4.33. The molecule has 2 bridgehead atoms. The van der Waals surface area contributed by atoms with Crippen molar-refractivity contribution in [2.24, 2.45) is 11.8 Å². The van der Waals surface area contributed by atoms with Crippen molar-refractivity contribution in [3.05, 3.63) is 41.3 Å². The first-order chi connectivity index (χ1) is 14.0. The third-order valence-electron chi connectivity index (χ3n) is 6.72. The van der Waals surface area contributed by atoms with E-state index in [-0.39, 0.29) is 23.6 Å². The summed E-state index contributed by atoms with van der Waals surface area (Å²) in [5.74, 6) is 1.36. The minimum absolute atomic E-state index is 0.0818. The Morgan fingerprint density at radius 3 is 2.62 bits per heavy atom. The summed E-state index contributed by atoms with van der Waals surface area (Å²) < 4.78 is 1.69. The number of anilines is 1. The van der Waals surface area contributed by atoms with E-state index in [2.05, 4.69) is 15.6 Å². The van der Waals surface area contributed by atoms with E-state index in [1.807, 2.05) is 25.1 Å². The monoisotopic (exact) mass is 393 g/mol. The molecule has 3 aliphatic rings. The second-order valence-electron chi connectivity index (χ2n) is 8.85. The molecule has 0 radical (unpaired) electrons. The molecule has 29 heavy (non-hydrogen) atoms. The van der Waals surface area contributed by atoms with E-state index in [0.29, 0.717) is 23.3 Å². The van der Waals surface area contributed by atoms with Gasteiger partial charge in [-0.15, -0.1) is 0 Å². The molecular weight excluding hydrogens is 366 g/mol. The Labute approximate surface area is 170 Å². The highest BCUT2D eigenvalue weighted by Crippen LogP contribution is 2.44. The van der Waals surface area contributed by atoms with Crippen LogP contribution in [0.1, 0.15) is 64.9 Å². The molecule has 3 fully saturated rings. The molecule has 2 amide bonds. The highest BCUT2D eigenvalue weighted by Gasteiger charge is 2.40. The van der Waals surface area contributed by atoms with Crippen LogP contribution in [0.5, 0.6) is 0 Å². The standard InChI is InChI=1S/C22H27N5O2/c1-12-2-4-15(21(28)25-16-6-7-16)10-18(12)27-11-24-19(20(27)23)22(29)26-17-9-13-3-5-14(17)8-13/h2,4,10-11,13-14,16-17H,3,5-9,23H2,1H3,(H,25,28)(H,26,29). The van der Waals surface area contributed by atoms with E-state index in [9.17, 15) is 9.59 Å². The van der Waals surface area contributed by atoms with Gasteiger partial charge in [-0.3, -0.25) is 14.2 Å². The van der Waals surface area contributed by atoms with Crippen molar-refractivity contribution in [2.45, 2.75) is 57.5 Å². The molecule has 2 aromatic rings. The summed E-state index contributed by atoms with van der Waals surface area (Å²) >= 11 is 0. The van der Waals surface area contributed by atoms with Gasteiger partial charge in [0.05, 0.1) is 5.69 Å². The van der Waals surface area contributed by atoms with Crippen molar-refractivity contribution in [2.75, 3.05) is 5.73 Å². The summed E-state index contributed by atoms with van der Waals surface area (Å²) in [6, 6.07) is 6.05. The molecule has 7 nitrogen and oxygen atoms in total. The van der Waals surface area contributed by atoms with Gasteiger partial charge in [0.2, 0.25) is 0 Å². The number of hydrogen-bond donors (Lipinski definition) is 3.